The van der Waals surface area contributed by atoms with E-state index in [0.717, 1.165) is 44.0 Å². The summed E-state index contributed by atoms with van der Waals surface area (Å²) in [4.78, 5) is 6.93. The van der Waals surface area contributed by atoms with Crippen LogP contribution in [-0.2, 0) is 0 Å². The van der Waals surface area contributed by atoms with Gasteiger partial charge in [0.2, 0.25) is 0 Å². The first-order chi connectivity index (χ1) is 14.4. The van der Waals surface area contributed by atoms with Crippen molar-refractivity contribution in [2.24, 2.45) is 5.92 Å². The van der Waals surface area contributed by atoms with Crippen LogP contribution in [0.25, 0.3) is 0 Å². The molecule has 2 aromatic rings. The van der Waals surface area contributed by atoms with Crippen molar-refractivity contribution in [3.05, 3.63) is 42.0 Å². The number of aromatic nitrogens is 3. The lowest BCUT2D eigenvalue weighted by Crippen LogP contribution is -2.34. The number of hydrazine groups is 1. The molecule has 2 aliphatic heterocycles. The van der Waals surface area contributed by atoms with Crippen LogP contribution >= 0.6 is 12.4 Å². The molecule has 30 heavy (non-hydrogen) atoms. The number of likely N-dealkylation sites (tertiary alicyclic amines) is 1. The number of ether oxygens (including phenoxy) is 1. The summed E-state index contributed by atoms with van der Waals surface area (Å²) in [5, 5.41) is 7.12. The molecular formula is C22H33ClN6O. The molecule has 7 nitrogen and oxygen atoms in total. The normalized spacial score (nSPS) is 29.2. The molecule has 5 rings (SSSR count). The highest BCUT2D eigenvalue weighted by atomic mass is 35.5. The minimum absolute atomic E-state index is 0. The van der Waals surface area contributed by atoms with Crippen molar-refractivity contribution in [3.8, 4) is 5.75 Å². The number of nitrogens with one attached hydrogen (secondary N) is 3. The maximum atomic E-state index is 6.11. The standard InChI is InChI=1S/C22H32N6O.ClH/c1-2-9-28(10-3-1)11-12-29-18-6-4-5-16(13-18)21-19-14-17(22-23-15-24-27-22)7-8-20(19)25-26-21;/h4-6,13,15,17,19-21,25-26H,1-3,7-12,14H2,(H,23,24,27);1H. The summed E-state index contributed by atoms with van der Waals surface area (Å²) in [6.45, 7) is 4.23. The van der Waals surface area contributed by atoms with E-state index in [0.29, 0.717) is 23.9 Å². The van der Waals surface area contributed by atoms with Crippen molar-refractivity contribution < 1.29 is 4.74 Å². The van der Waals surface area contributed by atoms with Gasteiger partial charge in [0.1, 0.15) is 24.5 Å². The Labute approximate surface area is 184 Å². The fraction of sp³-hybridized carbons (Fsp3) is 0.636. The predicted octanol–water partition coefficient (Wildman–Crippen LogP) is 3.19. The second-order valence-electron chi connectivity index (χ2n) is 8.74. The van der Waals surface area contributed by atoms with Crippen LogP contribution in [0.4, 0.5) is 0 Å². The maximum Gasteiger partial charge on any atom is 0.137 e. The molecule has 1 saturated carbocycles. The van der Waals surface area contributed by atoms with E-state index < -0.39 is 0 Å². The Kier molecular flexibility index (Phi) is 7.25. The summed E-state index contributed by atoms with van der Waals surface area (Å²) < 4.78 is 6.11. The van der Waals surface area contributed by atoms with Gasteiger partial charge in [-0.15, -0.1) is 12.4 Å². The van der Waals surface area contributed by atoms with Crippen molar-refractivity contribution in [1.82, 2.24) is 30.9 Å². The van der Waals surface area contributed by atoms with Crippen molar-refractivity contribution in [2.45, 2.75) is 56.5 Å². The van der Waals surface area contributed by atoms with Crippen LogP contribution in [0, 0.1) is 5.92 Å². The van der Waals surface area contributed by atoms with Crippen molar-refractivity contribution in [2.75, 3.05) is 26.2 Å². The van der Waals surface area contributed by atoms with Crippen molar-refractivity contribution in [1.29, 1.82) is 0 Å². The van der Waals surface area contributed by atoms with Gasteiger partial charge >= 0.3 is 0 Å². The summed E-state index contributed by atoms with van der Waals surface area (Å²) >= 11 is 0. The third kappa shape index (κ3) is 4.80. The average Bonchev–Trinajstić information content (AvgIpc) is 3.44. The summed E-state index contributed by atoms with van der Waals surface area (Å²) in [7, 11) is 0. The Morgan fingerprint density at radius 3 is 2.83 bits per heavy atom. The van der Waals surface area contributed by atoms with E-state index >= 15 is 0 Å². The summed E-state index contributed by atoms with van der Waals surface area (Å²) in [5.74, 6) is 3.02. The van der Waals surface area contributed by atoms with Crippen LogP contribution in [0.3, 0.4) is 0 Å². The van der Waals surface area contributed by atoms with E-state index in [1.165, 1.54) is 37.9 Å². The van der Waals surface area contributed by atoms with E-state index in [4.69, 9.17) is 4.74 Å². The second kappa shape index (κ2) is 10.1. The fourth-order valence-corrected chi connectivity index (χ4v) is 5.32. The molecule has 3 heterocycles. The zero-order chi connectivity index (χ0) is 19.5. The first-order valence-corrected chi connectivity index (χ1v) is 11.2. The third-order valence-corrected chi connectivity index (χ3v) is 6.91. The van der Waals surface area contributed by atoms with E-state index in [9.17, 15) is 0 Å². The number of fused-ring (bicyclic) bond motifs is 1. The van der Waals surface area contributed by atoms with E-state index in [1.54, 1.807) is 6.33 Å². The number of benzene rings is 1. The van der Waals surface area contributed by atoms with Crippen LogP contribution < -0.4 is 15.6 Å². The second-order valence-corrected chi connectivity index (χ2v) is 8.74. The molecule has 4 unspecified atom stereocenters. The van der Waals surface area contributed by atoms with E-state index in [2.05, 4.69) is 55.2 Å². The number of aromatic amines is 1. The van der Waals surface area contributed by atoms with Gasteiger partial charge in [-0.25, -0.2) is 10.4 Å². The molecule has 0 spiro atoms. The Balaban J connectivity index is 0.00000218. The van der Waals surface area contributed by atoms with Gasteiger partial charge in [0.05, 0.1) is 6.04 Å². The highest BCUT2D eigenvalue weighted by Gasteiger charge is 2.42. The number of H-pyrrole nitrogens is 1. The summed E-state index contributed by atoms with van der Waals surface area (Å²) in [6.07, 6.45) is 9.07. The Hall–Kier alpha value is -1.67. The molecule has 164 valence electrons. The SMILES string of the molecule is Cl.c1cc(OCCN2CCCCC2)cc(C2NNC3CCC(c4ncn[nH]4)CC32)c1. The van der Waals surface area contributed by atoms with Gasteiger partial charge in [-0.05, 0) is 68.8 Å². The largest absolute Gasteiger partial charge is 0.492 e. The molecule has 3 fully saturated rings. The number of hydrogen-bond acceptors (Lipinski definition) is 6. The van der Waals surface area contributed by atoms with Gasteiger partial charge in [-0.1, -0.05) is 18.6 Å². The van der Waals surface area contributed by atoms with Gasteiger partial charge in [-0.2, -0.15) is 5.10 Å². The molecule has 3 N–H and O–H groups in total. The molecule has 4 atom stereocenters. The van der Waals surface area contributed by atoms with Gasteiger partial charge in [0.15, 0.2) is 0 Å². The van der Waals surface area contributed by atoms with Gasteiger partial charge in [-0.3, -0.25) is 15.4 Å². The number of hydrogen-bond donors (Lipinski definition) is 3. The van der Waals surface area contributed by atoms with Crippen molar-refractivity contribution >= 4 is 12.4 Å². The summed E-state index contributed by atoms with van der Waals surface area (Å²) in [6, 6.07) is 9.46. The molecule has 1 aromatic heterocycles. The van der Waals surface area contributed by atoms with Crippen LogP contribution in [0.1, 0.15) is 61.9 Å². The molecule has 1 aliphatic carbocycles. The van der Waals surface area contributed by atoms with Gasteiger partial charge in [0.25, 0.3) is 0 Å². The first-order valence-electron chi connectivity index (χ1n) is 11.2. The van der Waals surface area contributed by atoms with Crippen LogP contribution in [0.15, 0.2) is 30.6 Å². The zero-order valence-electron chi connectivity index (χ0n) is 17.4. The number of nitrogens with zero attached hydrogens (tertiary/aromatic N) is 3. The highest BCUT2D eigenvalue weighted by Crippen LogP contribution is 2.43. The third-order valence-electron chi connectivity index (χ3n) is 6.91. The minimum atomic E-state index is 0. The minimum Gasteiger partial charge on any atom is -0.492 e. The Morgan fingerprint density at radius 2 is 2.00 bits per heavy atom. The van der Waals surface area contributed by atoms with Crippen LogP contribution in [0.5, 0.6) is 5.75 Å². The predicted molar refractivity (Wildman–Crippen MR) is 119 cm³/mol. The maximum absolute atomic E-state index is 6.11. The van der Waals surface area contributed by atoms with E-state index in [1.807, 2.05) is 0 Å². The van der Waals surface area contributed by atoms with Gasteiger partial charge < -0.3 is 4.74 Å². The molecule has 2 saturated heterocycles. The quantitative estimate of drug-likeness (QED) is 0.650. The van der Waals surface area contributed by atoms with Crippen molar-refractivity contribution in [3.63, 3.8) is 0 Å². The lowest BCUT2D eigenvalue weighted by Gasteiger charge is -2.32. The molecule has 0 bridgehead atoms. The molecule has 3 aliphatic rings. The number of piperidine rings is 1. The van der Waals surface area contributed by atoms with Crippen LogP contribution in [0.2, 0.25) is 0 Å². The average molecular weight is 433 g/mol. The molecule has 0 radical (unpaired) electrons. The fourth-order valence-electron chi connectivity index (χ4n) is 5.32. The smallest absolute Gasteiger partial charge is 0.137 e. The van der Waals surface area contributed by atoms with Gasteiger partial charge in [0, 0.05) is 18.5 Å². The topological polar surface area (TPSA) is 78.1 Å². The molecule has 0 amide bonds. The molecule has 1 aromatic carbocycles. The number of halogens is 1. The first kappa shape index (κ1) is 21.6. The highest BCUT2D eigenvalue weighted by molar-refractivity contribution is 5.85. The zero-order valence-corrected chi connectivity index (χ0v) is 18.2. The Bertz CT molecular complexity index is 782. The monoisotopic (exact) mass is 432 g/mol. The molecule has 8 heteroatoms. The lowest BCUT2D eigenvalue weighted by atomic mass is 9.74. The summed E-state index contributed by atoms with van der Waals surface area (Å²) in [5.41, 5.74) is 8.39. The lowest BCUT2D eigenvalue weighted by molar-refractivity contribution is 0.183. The molecular weight excluding hydrogens is 400 g/mol. The Morgan fingerprint density at radius 1 is 1.10 bits per heavy atom. The van der Waals surface area contributed by atoms with Crippen LogP contribution in [-0.4, -0.2) is 52.4 Å². The number of rotatable bonds is 6. The van der Waals surface area contributed by atoms with E-state index in [-0.39, 0.29) is 12.4 Å².